The Morgan fingerprint density at radius 2 is 1.68 bits per heavy atom. The molecule has 1 aromatic heterocycles. The number of carbonyl (C=O) groups is 2. The summed E-state index contributed by atoms with van der Waals surface area (Å²) in [4.78, 5) is 39.1. The Labute approximate surface area is 242 Å². The summed E-state index contributed by atoms with van der Waals surface area (Å²) in [6, 6.07) is 2.08. The van der Waals surface area contributed by atoms with Crippen LogP contribution >= 0.6 is 0 Å². The normalized spacial score (nSPS) is 20.1. The summed E-state index contributed by atoms with van der Waals surface area (Å²) in [7, 11) is 0. The van der Waals surface area contributed by atoms with Gasteiger partial charge in [0.25, 0.3) is 0 Å². The van der Waals surface area contributed by atoms with Gasteiger partial charge in [-0.2, -0.15) is 4.98 Å². The maximum Gasteiger partial charge on any atom is 0.350 e. The summed E-state index contributed by atoms with van der Waals surface area (Å²) < 4.78 is 17.5. The Bertz CT molecular complexity index is 1270. The number of anilines is 2. The molecule has 41 heavy (non-hydrogen) atoms. The summed E-state index contributed by atoms with van der Waals surface area (Å²) in [5, 5.41) is 3.38. The van der Waals surface area contributed by atoms with Crippen molar-refractivity contribution in [3.63, 3.8) is 0 Å². The van der Waals surface area contributed by atoms with Crippen LogP contribution in [0.3, 0.4) is 0 Å². The van der Waals surface area contributed by atoms with E-state index in [9.17, 15) is 9.59 Å². The number of nitrogens with one attached hydrogen (secondary N) is 1. The third kappa shape index (κ3) is 6.27. The summed E-state index contributed by atoms with van der Waals surface area (Å²) in [6.07, 6.45) is 5.87. The summed E-state index contributed by atoms with van der Waals surface area (Å²) in [5.41, 5.74) is 3.42. The number of esters is 2. The minimum Gasteiger partial charge on any atom is -0.475 e. The zero-order valence-electron chi connectivity index (χ0n) is 25.1. The SMILES string of the molecule is CC(=O)Oc1c(C)c(C)c2c(c1C)CCC(C)(C(=O)OCCNCc1cc(N3CCCC3)nc(N3CCCC3)n1)O2. The van der Waals surface area contributed by atoms with E-state index in [0.29, 0.717) is 37.4 Å². The maximum absolute atomic E-state index is 13.2. The Hall–Kier alpha value is -3.40. The van der Waals surface area contributed by atoms with Crippen LogP contribution in [-0.2, 0) is 27.3 Å². The zero-order valence-corrected chi connectivity index (χ0v) is 25.1. The third-order valence-electron chi connectivity index (χ3n) is 8.56. The molecule has 1 atom stereocenters. The lowest BCUT2D eigenvalue weighted by Gasteiger charge is -2.36. The molecule has 3 aliphatic heterocycles. The van der Waals surface area contributed by atoms with Gasteiger partial charge in [0.1, 0.15) is 23.9 Å². The van der Waals surface area contributed by atoms with E-state index in [1.54, 1.807) is 6.92 Å². The summed E-state index contributed by atoms with van der Waals surface area (Å²) >= 11 is 0. The first kappa shape index (κ1) is 29.1. The molecule has 5 rings (SSSR count). The highest BCUT2D eigenvalue weighted by molar-refractivity contribution is 5.81. The van der Waals surface area contributed by atoms with Crippen molar-refractivity contribution in [3.8, 4) is 11.5 Å². The van der Waals surface area contributed by atoms with Gasteiger partial charge in [-0.05, 0) is 76.5 Å². The first-order valence-corrected chi connectivity index (χ1v) is 14.9. The molecule has 4 heterocycles. The lowest BCUT2D eigenvalue weighted by Crippen LogP contribution is -2.46. The number of aromatic nitrogens is 2. The van der Waals surface area contributed by atoms with E-state index < -0.39 is 5.60 Å². The Morgan fingerprint density at radius 3 is 2.37 bits per heavy atom. The number of fused-ring (bicyclic) bond motifs is 1. The summed E-state index contributed by atoms with van der Waals surface area (Å²) in [5.74, 6) is 2.36. The molecule has 10 heteroatoms. The monoisotopic (exact) mass is 565 g/mol. The van der Waals surface area contributed by atoms with Crippen molar-refractivity contribution >= 4 is 23.7 Å². The molecule has 0 bridgehead atoms. The van der Waals surface area contributed by atoms with Gasteiger partial charge in [-0.25, -0.2) is 9.78 Å². The smallest absolute Gasteiger partial charge is 0.350 e. The molecular weight excluding hydrogens is 522 g/mol. The van der Waals surface area contributed by atoms with Gasteiger partial charge in [0, 0.05) is 64.2 Å². The van der Waals surface area contributed by atoms with Crippen LogP contribution < -0.4 is 24.6 Å². The van der Waals surface area contributed by atoms with Crippen molar-refractivity contribution in [3.05, 3.63) is 34.0 Å². The highest BCUT2D eigenvalue weighted by Gasteiger charge is 2.42. The Balaban J connectivity index is 1.17. The van der Waals surface area contributed by atoms with E-state index in [4.69, 9.17) is 24.2 Å². The highest BCUT2D eigenvalue weighted by Crippen LogP contribution is 2.44. The van der Waals surface area contributed by atoms with E-state index >= 15 is 0 Å². The van der Waals surface area contributed by atoms with Crippen LogP contribution in [0, 0.1) is 20.8 Å². The van der Waals surface area contributed by atoms with Crippen LogP contribution in [-0.4, -0.2) is 66.8 Å². The first-order valence-electron chi connectivity index (χ1n) is 14.9. The van der Waals surface area contributed by atoms with Crippen molar-refractivity contribution in [1.29, 1.82) is 0 Å². The number of nitrogens with zero attached hydrogens (tertiary/aromatic N) is 4. The maximum atomic E-state index is 13.2. The van der Waals surface area contributed by atoms with Crippen LogP contribution in [0.25, 0.3) is 0 Å². The summed E-state index contributed by atoms with van der Waals surface area (Å²) in [6.45, 7) is 14.3. The van der Waals surface area contributed by atoms with Gasteiger partial charge >= 0.3 is 11.9 Å². The fourth-order valence-corrected chi connectivity index (χ4v) is 5.99. The van der Waals surface area contributed by atoms with Crippen molar-refractivity contribution < 1.29 is 23.8 Å². The van der Waals surface area contributed by atoms with Gasteiger partial charge in [0.15, 0.2) is 0 Å². The molecule has 0 spiro atoms. The van der Waals surface area contributed by atoms with Crippen molar-refractivity contribution in [2.45, 2.75) is 85.3 Å². The lowest BCUT2D eigenvalue weighted by atomic mass is 9.87. The average molecular weight is 566 g/mol. The number of hydrogen-bond donors (Lipinski definition) is 1. The number of rotatable bonds is 9. The van der Waals surface area contributed by atoms with Crippen molar-refractivity contribution in [2.24, 2.45) is 0 Å². The van der Waals surface area contributed by atoms with E-state index in [1.165, 1.54) is 32.6 Å². The standard InChI is InChI=1S/C31H43N5O5/c1-20-21(2)28-25(22(3)27(20)40-23(4)37)10-11-31(5,41-28)29(38)39-17-12-32-19-24-18-26(35-13-6-7-14-35)34-30(33-24)36-15-8-9-16-36/h18,32H,6-17,19H2,1-5H3. The largest absolute Gasteiger partial charge is 0.475 e. The molecule has 2 aromatic rings. The Morgan fingerprint density at radius 1 is 1.00 bits per heavy atom. The molecule has 3 aliphatic rings. The second-order valence-electron chi connectivity index (χ2n) is 11.7. The van der Waals surface area contributed by atoms with Crippen LogP contribution in [0.2, 0.25) is 0 Å². The second-order valence-corrected chi connectivity index (χ2v) is 11.7. The fourth-order valence-electron chi connectivity index (χ4n) is 5.99. The first-order chi connectivity index (χ1) is 19.7. The quantitative estimate of drug-likeness (QED) is 0.273. The number of carbonyl (C=O) groups excluding carboxylic acids is 2. The van der Waals surface area contributed by atoms with Crippen molar-refractivity contribution in [2.75, 3.05) is 49.1 Å². The van der Waals surface area contributed by atoms with E-state index in [2.05, 4.69) is 21.2 Å². The second kappa shape index (κ2) is 12.2. The molecule has 0 aliphatic carbocycles. The molecule has 2 fully saturated rings. The van der Waals surface area contributed by atoms with Crippen LogP contribution in [0.15, 0.2) is 6.07 Å². The molecule has 1 aromatic carbocycles. The lowest BCUT2D eigenvalue weighted by molar-refractivity contribution is -0.162. The molecule has 10 nitrogen and oxygen atoms in total. The fraction of sp³-hybridized carbons (Fsp3) is 0.613. The van der Waals surface area contributed by atoms with E-state index in [1.807, 2.05) is 20.8 Å². The Kier molecular flexibility index (Phi) is 8.68. The van der Waals surface area contributed by atoms with E-state index in [-0.39, 0.29) is 18.5 Å². The molecular formula is C31H43N5O5. The molecule has 1 unspecified atom stereocenters. The van der Waals surface area contributed by atoms with Gasteiger partial charge in [-0.3, -0.25) is 4.79 Å². The van der Waals surface area contributed by atoms with Gasteiger partial charge < -0.3 is 29.3 Å². The number of benzene rings is 1. The number of ether oxygens (including phenoxy) is 3. The highest BCUT2D eigenvalue weighted by atomic mass is 16.6. The predicted octanol–water partition coefficient (Wildman–Crippen LogP) is 3.94. The number of hydrogen-bond acceptors (Lipinski definition) is 10. The van der Waals surface area contributed by atoms with E-state index in [0.717, 1.165) is 65.9 Å². The van der Waals surface area contributed by atoms with Crippen LogP contribution in [0.1, 0.15) is 73.9 Å². The van der Waals surface area contributed by atoms with Crippen molar-refractivity contribution in [1.82, 2.24) is 15.3 Å². The average Bonchev–Trinajstić information content (AvgIpc) is 3.69. The molecule has 0 amide bonds. The minimum atomic E-state index is -1.08. The third-order valence-corrected chi connectivity index (χ3v) is 8.56. The zero-order chi connectivity index (χ0) is 29.1. The molecule has 0 radical (unpaired) electrons. The molecule has 2 saturated heterocycles. The topological polar surface area (TPSA) is 106 Å². The predicted molar refractivity (Wildman–Crippen MR) is 157 cm³/mol. The van der Waals surface area contributed by atoms with Gasteiger partial charge in [-0.15, -0.1) is 0 Å². The molecule has 0 saturated carbocycles. The molecule has 222 valence electrons. The van der Waals surface area contributed by atoms with Gasteiger partial charge in [-0.1, -0.05) is 0 Å². The van der Waals surface area contributed by atoms with Crippen LogP contribution in [0.5, 0.6) is 11.5 Å². The van der Waals surface area contributed by atoms with Crippen LogP contribution in [0.4, 0.5) is 11.8 Å². The molecule has 1 N–H and O–H groups in total. The van der Waals surface area contributed by atoms with Gasteiger partial charge in [0.2, 0.25) is 11.5 Å². The van der Waals surface area contributed by atoms with Gasteiger partial charge in [0.05, 0.1) is 5.69 Å². The minimum absolute atomic E-state index is 0.232.